The number of nitrogens with two attached hydrogens (primary N) is 2. The van der Waals surface area contributed by atoms with Gasteiger partial charge in [-0.3, -0.25) is 4.98 Å². The molecule has 2 aromatic rings. The molecule has 0 amide bonds. The van der Waals surface area contributed by atoms with Crippen LogP contribution in [0.5, 0.6) is 11.5 Å². The van der Waals surface area contributed by atoms with Gasteiger partial charge in [-0.25, -0.2) is 13.6 Å². The zero-order chi connectivity index (χ0) is 15.6. The van der Waals surface area contributed by atoms with Crippen molar-refractivity contribution >= 4 is 15.7 Å². The van der Waals surface area contributed by atoms with Crippen molar-refractivity contribution in [3.8, 4) is 11.5 Å². The molecule has 0 aliphatic heterocycles. The van der Waals surface area contributed by atoms with E-state index >= 15 is 0 Å². The molecule has 0 aliphatic rings. The molecule has 0 aliphatic carbocycles. The first kappa shape index (κ1) is 15.3. The van der Waals surface area contributed by atoms with Crippen LogP contribution < -0.4 is 15.6 Å². The molecule has 6 nitrogen and oxygen atoms in total. The molecule has 0 atom stereocenters. The van der Waals surface area contributed by atoms with Gasteiger partial charge < -0.3 is 10.5 Å². The summed E-state index contributed by atoms with van der Waals surface area (Å²) in [5, 5.41) is 5.06. The van der Waals surface area contributed by atoms with Crippen molar-refractivity contribution in [3.05, 3.63) is 41.7 Å². The maximum Gasteiger partial charge on any atom is 0.240 e. The van der Waals surface area contributed by atoms with E-state index in [-0.39, 0.29) is 10.6 Å². The van der Waals surface area contributed by atoms with E-state index in [1.807, 2.05) is 26.0 Å². The molecule has 0 unspecified atom stereocenters. The summed E-state index contributed by atoms with van der Waals surface area (Å²) in [6.07, 6.45) is 0.724. The van der Waals surface area contributed by atoms with Crippen molar-refractivity contribution in [1.82, 2.24) is 4.98 Å². The topological polar surface area (TPSA) is 108 Å². The van der Waals surface area contributed by atoms with E-state index in [9.17, 15) is 8.42 Å². The van der Waals surface area contributed by atoms with Crippen molar-refractivity contribution in [2.75, 3.05) is 5.73 Å². The number of nitrogens with zero attached hydrogens (tertiary/aromatic N) is 1. The molecule has 4 N–H and O–H groups in total. The number of aryl methyl sites for hydroxylation is 2. The fourth-order valence-electron chi connectivity index (χ4n) is 1.92. The SMILES string of the molecule is CCc1nc(C)ccc1Oc1ccc(S(N)(=O)=O)c(N)c1. The molecule has 0 fully saturated rings. The van der Waals surface area contributed by atoms with Gasteiger partial charge in [-0.2, -0.15) is 0 Å². The second kappa shape index (κ2) is 5.71. The predicted molar refractivity (Wildman–Crippen MR) is 80.7 cm³/mol. The summed E-state index contributed by atoms with van der Waals surface area (Å²) in [7, 11) is -3.83. The summed E-state index contributed by atoms with van der Waals surface area (Å²) in [6.45, 7) is 3.88. The second-order valence-corrected chi connectivity index (χ2v) is 6.13. The summed E-state index contributed by atoms with van der Waals surface area (Å²) < 4.78 is 28.3. The summed E-state index contributed by atoms with van der Waals surface area (Å²) in [5.74, 6) is 1.05. The molecule has 7 heteroatoms. The van der Waals surface area contributed by atoms with Gasteiger partial charge in [0, 0.05) is 11.8 Å². The molecule has 0 bridgehead atoms. The van der Waals surface area contributed by atoms with E-state index in [2.05, 4.69) is 4.98 Å². The van der Waals surface area contributed by atoms with Crippen LogP contribution in [0.25, 0.3) is 0 Å². The Balaban J connectivity index is 2.35. The third kappa shape index (κ3) is 3.50. The Morgan fingerprint density at radius 2 is 1.95 bits per heavy atom. The lowest BCUT2D eigenvalue weighted by Crippen LogP contribution is -2.14. The average molecular weight is 307 g/mol. The van der Waals surface area contributed by atoms with Crippen LogP contribution in [0.15, 0.2) is 35.2 Å². The van der Waals surface area contributed by atoms with Gasteiger partial charge in [-0.1, -0.05) is 6.92 Å². The highest BCUT2D eigenvalue weighted by Crippen LogP contribution is 2.29. The molecule has 21 heavy (non-hydrogen) atoms. The third-order valence-corrected chi connectivity index (χ3v) is 3.91. The molecule has 0 radical (unpaired) electrons. The lowest BCUT2D eigenvalue weighted by Gasteiger charge is -2.11. The van der Waals surface area contributed by atoms with Gasteiger partial charge in [0.25, 0.3) is 0 Å². The van der Waals surface area contributed by atoms with Crippen molar-refractivity contribution in [2.45, 2.75) is 25.2 Å². The third-order valence-electron chi connectivity index (χ3n) is 2.92. The van der Waals surface area contributed by atoms with Crippen LogP contribution in [0.4, 0.5) is 5.69 Å². The summed E-state index contributed by atoms with van der Waals surface area (Å²) in [6, 6.07) is 7.93. The van der Waals surface area contributed by atoms with Gasteiger partial charge in [-0.05, 0) is 37.6 Å². The maximum absolute atomic E-state index is 11.3. The van der Waals surface area contributed by atoms with Gasteiger partial charge in [0.2, 0.25) is 10.0 Å². The number of primary sulfonamides is 1. The Hall–Kier alpha value is -2.12. The van der Waals surface area contributed by atoms with E-state index in [1.54, 1.807) is 0 Å². The van der Waals surface area contributed by atoms with Crippen LogP contribution >= 0.6 is 0 Å². The molecule has 1 aromatic carbocycles. The highest BCUT2D eigenvalue weighted by atomic mass is 32.2. The van der Waals surface area contributed by atoms with Crippen molar-refractivity contribution < 1.29 is 13.2 Å². The number of pyridine rings is 1. The van der Waals surface area contributed by atoms with E-state index in [0.29, 0.717) is 11.5 Å². The first-order valence-electron chi connectivity index (χ1n) is 6.38. The van der Waals surface area contributed by atoms with Crippen LogP contribution in [-0.2, 0) is 16.4 Å². The van der Waals surface area contributed by atoms with Crippen LogP contribution in [0.3, 0.4) is 0 Å². The normalized spacial score (nSPS) is 11.4. The van der Waals surface area contributed by atoms with Gasteiger partial charge in [0.1, 0.15) is 16.4 Å². The molecule has 1 heterocycles. The Morgan fingerprint density at radius 1 is 1.24 bits per heavy atom. The molecule has 112 valence electrons. The number of sulfonamides is 1. The van der Waals surface area contributed by atoms with Crippen molar-refractivity contribution in [3.63, 3.8) is 0 Å². The van der Waals surface area contributed by atoms with Crippen LogP contribution in [0.2, 0.25) is 0 Å². The molecular weight excluding hydrogens is 290 g/mol. The van der Waals surface area contributed by atoms with Crippen molar-refractivity contribution in [1.29, 1.82) is 0 Å². The first-order valence-corrected chi connectivity index (χ1v) is 7.92. The van der Waals surface area contributed by atoms with Crippen LogP contribution in [-0.4, -0.2) is 13.4 Å². The summed E-state index contributed by atoms with van der Waals surface area (Å²) >= 11 is 0. The standard InChI is InChI=1S/C14H17N3O3S/c1-3-12-13(6-4-9(2)17-12)20-10-5-7-14(11(15)8-10)21(16,18)19/h4-8H,3,15H2,1-2H3,(H2,16,18,19). The zero-order valence-electron chi connectivity index (χ0n) is 11.8. The highest BCUT2D eigenvalue weighted by molar-refractivity contribution is 7.89. The van der Waals surface area contributed by atoms with Gasteiger partial charge in [0.15, 0.2) is 0 Å². The number of hydrogen-bond acceptors (Lipinski definition) is 5. The fraction of sp³-hybridized carbons (Fsp3) is 0.214. The molecule has 2 rings (SSSR count). The van der Waals surface area contributed by atoms with Crippen molar-refractivity contribution in [2.24, 2.45) is 5.14 Å². The molecule has 0 saturated heterocycles. The van der Waals surface area contributed by atoms with Gasteiger partial charge in [-0.15, -0.1) is 0 Å². The molecule has 1 aromatic heterocycles. The van der Waals surface area contributed by atoms with Crippen LogP contribution in [0, 0.1) is 6.92 Å². The lowest BCUT2D eigenvalue weighted by molar-refractivity contribution is 0.472. The van der Waals surface area contributed by atoms with Gasteiger partial charge in [0.05, 0.1) is 11.4 Å². The minimum absolute atomic E-state index is 0.0492. The molecular formula is C14H17N3O3S. The molecule has 0 saturated carbocycles. The maximum atomic E-state index is 11.3. The Labute approximate surface area is 123 Å². The van der Waals surface area contributed by atoms with E-state index in [4.69, 9.17) is 15.6 Å². The first-order chi connectivity index (χ1) is 9.81. The number of hydrogen-bond donors (Lipinski definition) is 2. The second-order valence-electron chi connectivity index (χ2n) is 4.60. The number of anilines is 1. The van der Waals surface area contributed by atoms with E-state index in [0.717, 1.165) is 17.8 Å². The smallest absolute Gasteiger partial charge is 0.240 e. The van der Waals surface area contributed by atoms with Crippen LogP contribution in [0.1, 0.15) is 18.3 Å². The van der Waals surface area contributed by atoms with E-state index < -0.39 is 10.0 Å². The summed E-state index contributed by atoms with van der Waals surface area (Å²) in [4.78, 5) is 4.28. The predicted octanol–water partition coefficient (Wildman–Crippen LogP) is 1.97. The summed E-state index contributed by atoms with van der Waals surface area (Å²) in [5.41, 5.74) is 7.48. The lowest BCUT2D eigenvalue weighted by atomic mass is 10.2. The Kier molecular flexibility index (Phi) is 4.15. The highest BCUT2D eigenvalue weighted by Gasteiger charge is 2.13. The largest absolute Gasteiger partial charge is 0.455 e. The number of ether oxygens (including phenoxy) is 1. The minimum Gasteiger partial charge on any atom is -0.455 e. The average Bonchev–Trinajstić information content (AvgIpc) is 2.39. The minimum atomic E-state index is -3.83. The number of aromatic nitrogens is 1. The Morgan fingerprint density at radius 3 is 2.52 bits per heavy atom. The number of nitrogen functional groups attached to an aromatic ring is 1. The quantitative estimate of drug-likeness (QED) is 0.839. The molecule has 0 spiro atoms. The van der Waals surface area contributed by atoms with Gasteiger partial charge >= 0.3 is 0 Å². The monoisotopic (exact) mass is 307 g/mol. The number of rotatable bonds is 4. The number of benzene rings is 1. The zero-order valence-corrected chi connectivity index (χ0v) is 12.6. The Bertz CT molecular complexity index is 773. The van der Waals surface area contributed by atoms with E-state index in [1.165, 1.54) is 18.2 Å². The fourth-order valence-corrected chi connectivity index (χ4v) is 2.57.